The number of fused-ring (bicyclic) bond motifs is 5. The quantitative estimate of drug-likeness (QED) is 0.453. The van der Waals surface area contributed by atoms with Gasteiger partial charge < -0.3 is 14.9 Å². The summed E-state index contributed by atoms with van der Waals surface area (Å²) in [4.78, 5) is 0. The highest BCUT2D eigenvalue weighted by atomic mass is 16.6. The highest BCUT2D eigenvalue weighted by molar-refractivity contribution is 5.32. The molecule has 0 amide bonds. The second-order valence-electron chi connectivity index (χ2n) is 14.9. The summed E-state index contributed by atoms with van der Waals surface area (Å²) in [6.45, 7) is 17.3. The molecule has 0 bridgehead atoms. The van der Waals surface area contributed by atoms with Gasteiger partial charge in [0.1, 0.15) is 5.60 Å². The third-order valence-electron chi connectivity index (χ3n) is 13.9. The topological polar surface area (TPSA) is 53.0 Å². The number of hydrogen-bond donors (Lipinski definition) is 2. The van der Waals surface area contributed by atoms with Gasteiger partial charge in [-0.2, -0.15) is 0 Å². The van der Waals surface area contributed by atoms with Crippen LogP contribution in [0.25, 0.3) is 0 Å². The van der Waals surface area contributed by atoms with E-state index >= 15 is 0 Å². The van der Waals surface area contributed by atoms with Crippen LogP contribution in [0.15, 0.2) is 0 Å². The molecule has 12 atom stereocenters. The Hall–Kier alpha value is -0.120. The van der Waals surface area contributed by atoms with Crippen molar-refractivity contribution in [2.24, 2.45) is 51.2 Å². The predicted molar refractivity (Wildman–Crippen MR) is 127 cm³/mol. The maximum Gasteiger partial charge on any atom is 0.106 e. The summed E-state index contributed by atoms with van der Waals surface area (Å²) in [6, 6.07) is 0. The first-order chi connectivity index (χ1) is 14.8. The fraction of sp³-hybridized carbons (Fsp3) is 1.00. The zero-order valence-electron chi connectivity index (χ0n) is 21.7. The molecule has 6 aliphatic rings. The fourth-order valence-corrected chi connectivity index (χ4v) is 11.6. The third-order valence-corrected chi connectivity index (χ3v) is 13.9. The van der Waals surface area contributed by atoms with E-state index < -0.39 is 5.60 Å². The van der Waals surface area contributed by atoms with Crippen molar-refractivity contribution in [3.63, 3.8) is 0 Å². The summed E-state index contributed by atoms with van der Waals surface area (Å²) in [7, 11) is 0. The molecule has 0 aromatic carbocycles. The van der Waals surface area contributed by atoms with Crippen LogP contribution >= 0.6 is 0 Å². The minimum atomic E-state index is -0.526. The van der Waals surface area contributed by atoms with Crippen LogP contribution < -0.4 is 0 Å². The van der Waals surface area contributed by atoms with Gasteiger partial charge >= 0.3 is 0 Å². The third kappa shape index (κ3) is 2.22. The van der Waals surface area contributed by atoms with Gasteiger partial charge in [-0.25, -0.2) is 0 Å². The van der Waals surface area contributed by atoms with Gasteiger partial charge in [0, 0.05) is 11.3 Å². The number of hydrogen-bond acceptors (Lipinski definition) is 3. The molecule has 5 aliphatic carbocycles. The van der Waals surface area contributed by atoms with E-state index in [1.54, 1.807) is 0 Å². The first-order valence-corrected chi connectivity index (χ1v) is 13.9. The summed E-state index contributed by atoms with van der Waals surface area (Å²) in [5, 5.41) is 22.8. The van der Waals surface area contributed by atoms with Crippen LogP contribution in [0.2, 0.25) is 0 Å². The average molecular weight is 445 g/mol. The van der Waals surface area contributed by atoms with E-state index in [9.17, 15) is 10.2 Å². The van der Waals surface area contributed by atoms with Gasteiger partial charge in [0.05, 0.1) is 17.8 Å². The Labute approximate surface area is 196 Å². The Kier molecular flexibility index (Phi) is 4.31. The smallest absolute Gasteiger partial charge is 0.106 e. The summed E-state index contributed by atoms with van der Waals surface area (Å²) >= 11 is 0. The Morgan fingerprint density at radius 2 is 1.53 bits per heavy atom. The van der Waals surface area contributed by atoms with Crippen molar-refractivity contribution in [3.8, 4) is 0 Å². The van der Waals surface area contributed by atoms with Gasteiger partial charge in [-0.15, -0.1) is 0 Å². The molecule has 5 saturated carbocycles. The van der Waals surface area contributed by atoms with Crippen LogP contribution in [0.5, 0.6) is 0 Å². The van der Waals surface area contributed by atoms with Crippen LogP contribution in [-0.4, -0.2) is 33.6 Å². The van der Waals surface area contributed by atoms with E-state index in [1.165, 1.54) is 19.3 Å². The van der Waals surface area contributed by atoms with Gasteiger partial charge in [0.2, 0.25) is 0 Å². The van der Waals surface area contributed by atoms with E-state index in [1.807, 2.05) is 0 Å². The Morgan fingerprint density at radius 3 is 2.25 bits per heavy atom. The number of ether oxygens (including phenoxy) is 1. The lowest BCUT2D eigenvalue weighted by atomic mass is 9.32. The molecule has 6 rings (SSSR count). The fourth-order valence-electron chi connectivity index (χ4n) is 11.6. The minimum absolute atomic E-state index is 0.00564. The van der Waals surface area contributed by atoms with Crippen molar-refractivity contribution >= 4 is 0 Å². The van der Waals surface area contributed by atoms with Crippen LogP contribution in [0.3, 0.4) is 0 Å². The largest absolute Gasteiger partial charge is 0.393 e. The summed E-state index contributed by atoms with van der Waals surface area (Å²) in [5.41, 5.74) is -0.00655. The minimum Gasteiger partial charge on any atom is -0.393 e. The summed E-state index contributed by atoms with van der Waals surface area (Å²) in [5.74, 6) is 2.71. The molecule has 0 aromatic heterocycles. The van der Waals surface area contributed by atoms with E-state index in [-0.39, 0.29) is 39.3 Å². The van der Waals surface area contributed by atoms with Gasteiger partial charge in [0.15, 0.2) is 0 Å². The van der Waals surface area contributed by atoms with Gasteiger partial charge in [0.25, 0.3) is 0 Å². The van der Waals surface area contributed by atoms with Crippen molar-refractivity contribution in [1.29, 1.82) is 0 Å². The van der Waals surface area contributed by atoms with Crippen LogP contribution in [0.1, 0.15) is 106 Å². The van der Waals surface area contributed by atoms with Crippen molar-refractivity contribution < 1.29 is 14.9 Å². The molecule has 1 spiro atoms. The highest BCUT2D eigenvalue weighted by Gasteiger charge is 2.85. The molecule has 182 valence electrons. The zero-order chi connectivity index (χ0) is 23.1. The Balaban J connectivity index is 1.44. The highest BCUT2D eigenvalue weighted by Crippen LogP contribution is 2.82. The molecule has 0 radical (unpaired) electrons. The van der Waals surface area contributed by atoms with Gasteiger partial charge in [-0.1, -0.05) is 48.5 Å². The predicted octanol–water partition coefficient (Wildman–Crippen LogP) is 5.96. The van der Waals surface area contributed by atoms with Crippen molar-refractivity contribution in [1.82, 2.24) is 0 Å². The molecule has 6 fully saturated rings. The van der Waals surface area contributed by atoms with Gasteiger partial charge in [-0.05, 0) is 97.7 Å². The Morgan fingerprint density at radius 1 is 0.812 bits per heavy atom. The standard InChI is InChI=1S/C29H48O3/c1-17-8-13-28(31)15-14-27(7)26(6)12-9-19-24(3,4)21(30)10-11-25(19,5)20(26)16-22-29(27,32-22)23(28)18(17)2/h17-23,30-31H,8-16H2,1-7H3/t17-,18+,19+,20-,21+,22-,23-,25+,26-,27+,28+,29+/m1/s1. The monoisotopic (exact) mass is 444 g/mol. The lowest BCUT2D eigenvalue weighted by molar-refractivity contribution is -0.258. The second kappa shape index (κ2) is 6.16. The van der Waals surface area contributed by atoms with Crippen LogP contribution in [0, 0.1) is 51.2 Å². The summed E-state index contributed by atoms with van der Waals surface area (Å²) < 4.78 is 6.97. The first kappa shape index (κ1) is 22.4. The van der Waals surface area contributed by atoms with Crippen molar-refractivity contribution in [2.75, 3.05) is 0 Å². The van der Waals surface area contributed by atoms with Crippen molar-refractivity contribution in [2.45, 2.75) is 130 Å². The molecule has 32 heavy (non-hydrogen) atoms. The maximum atomic E-state index is 11.9. The number of rotatable bonds is 0. The lowest BCUT2D eigenvalue weighted by Gasteiger charge is -2.72. The molecule has 2 N–H and O–H groups in total. The molecule has 0 aromatic rings. The van der Waals surface area contributed by atoms with Crippen LogP contribution in [-0.2, 0) is 4.74 Å². The number of epoxide rings is 1. The maximum absolute atomic E-state index is 11.9. The molecule has 1 saturated heterocycles. The molecular formula is C29H48O3. The average Bonchev–Trinajstić information content (AvgIpc) is 3.44. The van der Waals surface area contributed by atoms with E-state index in [0.29, 0.717) is 29.8 Å². The van der Waals surface area contributed by atoms with Crippen molar-refractivity contribution in [3.05, 3.63) is 0 Å². The van der Waals surface area contributed by atoms with Crippen LogP contribution in [0.4, 0.5) is 0 Å². The zero-order valence-corrected chi connectivity index (χ0v) is 21.7. The molecule has 3 heteroatoms. The van der Waals surface area contributed by atoms with E-state index in [2.05, 4.69) is 48.5 Å². The molecular weight excluding hydrogens is 396 g/mol. The normalized spacial score (nSPS) is 65.0. The Bertz CT molecular complexity index is 823. The summed E-state index contributed by atoms with van der Waals surface area (Å²) in [6.07, 6.45) is 10.1. The lowest BCUT2D eigenvalue weighted by Crippen LogP contribution is -2.72. The molecule has 1 aliphatic heterocycles. The van der Waals surface area contributed by atoms with Gasteiger partial charge in [-0.3, -0.25) is 0 Å². The SMILES string of the molecule is C[C@H]1[C@H](C)CC[C@]2(O)CC[C@]3(C)[C@@]4(O[C@@H]4C[C@@H]4[C@@]5(C)CC[C@H](O)C(C)(C)[C@@H]5CC[C@]43C)[C@H]12. The molecule has 0 unspecified atom stereocenters. The van der Waals surface area contributed by atoms with E-state index in [0.717, 1.165) is 38.5 Å². The number of aliphatic hydroxyl groups is 2. The molecule has 3 nitrogen and oxygen atoms in total. The second-order valence-corrected chi connectivity index (χ2v) is 14.9. The first-order valence-electron chi connectivity index (χ1n) is 13.9. The van der Waals surface area contributed by atoms with E-state index in [4.69, 9.17) is 4.74 Å². The molecule has 1 heterocycles. The number of aliphatic hydroxyl groups excluding tert-OH is 1.